The summed E-state index contributed by atoms with van der Waals surface area (Å²) in [5.41, 5.74) is 7.75. The van der Waals surface area contributed by atoms with Gasteiger partial charge in [0, 0.05) is 17.8 Å². The molecule has 1 aromatic heterocycles. The highest BCUT2D eigenvalue weighted by Crippen LogP contribution is 2.21. The van der Waals surface area contributed by atoms with Crippen molar-refractivity contribution in [1.29, 1.82) is 0 Å². The van der Waals surface area contributed by atoms with Crippen molar-refractivity contribution in [3.8, 4) is 0 Å². The third kappa shape index (κ3) is 3.23. The van der Waals surface area contributed by atoms with Crippen LogP contribution >= 0.6 is 0 Å². The molecule has 4 N–H and O–H groups in total. The summed E-state index contributed by atoms with van der Waals surface area (Å²) in [6.45, 7) is 6.96. The fourth-order valence-corrected chi connectivity index (χ4v) is 2.71. The second kappa shape index (κ2) is 5.57. The van der Waals surface area contributed by atoms with Crippen LogP contribution in [-0.4, -0.2) is 29.5 Å². The van der Waals surface area contributed by atoms with Crippen LogP contribution in [0.1, 0.15) is 41.4 Å². The topological polar surface area (TPSA) is 80.0 Å². The molecular formula is C14H22N4O. The van der Waals surface area contributed by atoms with Gasteiger partial charge in [-0.05, 0) is 51.8 Å². The number of hydrogen-bond donors (Lipinski definition) is 3. The van der Waals surface area contributed by atoms with Crippen molar-refractivity contribution in [1.82, 2.24) is 10.3 Å². The molecule has 2 atom stereocenters. The highest BCUT2D eigenvalue weighted by molar-refractivity contribution is 5.99. The van der Waals surface area contributed by atoms with E-state index in [-0.39, 0.29) is 0 Å². The number of piperidine rings is 1. The van der Waals surface area contributed by atoms with Crippen LogP contribution in [0.3, 0.4) is 0 Å². The number of nitrogens with one attached hydrogen (secondary N) is 2. The molecule has 5 nitrogen and oxygen atoms in total. The molecule has 2 unspecified atom stereocenters. The van der Waals surface area contributed by atoms with Crippen molar-refractivity contribution in [2.45, 2.75) is 45.7 Å². The third-order valence-electron chi connectivity index (χ3n) is 3.56. The van der Waals surface area contributed by atoms with Crippen molar-refractivity contribution in [3.05, 3.63) is 22.9 Å². The number of anilines is 1. The monoisotopic (exact) mass is 262 g/mol. The first kappa shape index (κ1) is 13.8. The summed E-state index contributed by atoms with van der Waals surface area (Å²) in [6, 6.07) is 2.70. The van der Waals surface area contributed by atoms with E-state index < -0.39 is 5.91 Å². The maximum Gasteiger partial charge on any atom is 0.252 e. The van der Waals surface area contributed by atoms with Crippen molar-refractivity contribution >= 4 is 11.7 Å². The van der Waals surface area contributed by atoms with E-state index in [2.05, 4.69) is 22.5 Å². The molecule has 0 bridgehead atoms. The molecule has 0 radical (unpaired) electrons. The van der Waals surface area contributed by atoms with Gasteiger partial charge in [0.2, 0.25) is 0 Å². The summed E-state index contributed by atoms with van der Waals surface area (Å²) < 4.78 is 0. The molecular weight excluding hydrogens is 240 g/mol. The predicted molar refractivity (Wildman–Crippen MR) is 76.3 cm³/mol. The number of primary amides is 1. The predicted octanol–water partition coefficient (Wildman–Crippen LogP) is 1.35. The number of hydrogen-bond acceptors (Lipinski definition) is 4. The van der Waals surface area contributed by atoms with Gasteiger partial charge in [0.1, 0.15) is 5.82 Å². The molecule has 1 amide bonds. The number of rotatable bonds is 3. The van der Waals surface area contributed by atoms with Crippen molar-refractivity contribution in [2.75, 3.05) is 11.9 Å². The second-order valence-corrected chi connectivity index (χ2v) is 5.39. The van der Waals surface area contributed by atoms with Crippen molar-refractivity contribution < 1.29 is 4.79 Å². The minimum atomic E-state index is -0.422. The molecule has 2 heterocycles. The first-order valence-electron chi connectivity index (χ1n) is 6.75. The van der Waals surface area contributed by atoms with E-state index in [4.69, 9.17) is 5.73 Å². The SMILES string of the molecule is Cc1cc(C)c(C(N)=O)c(NC2CCNC(C)C2)n1. The number of nitrogens with zero attached hydrogens (tertiary/aromatic N) is 1. The number of aryl methyl sites for hydroxylation is 2. The van der Waals surface area contributed by atoms with E-state index in [0.29, 0.717) is 23.5 Å². The van der Waals surface area contributed by atoms with Crippen LogP contribution in [0.4, 0.5) is 5.82 Å². The number of carbonyl (C=O) groups is 1. The number of carbonyl (C=O) groups excluding carboxylic acids is 1. The average molecular weight is 262 g/mol. The Bertz CT molecular complexity index is 487. The summed E-state index contributed by atoms with van der Waals surface area (Å²) >= 11 is 0. The lowest BCUT2D eigenvalue weighted by Gasteiger charge is -2.29. The Morgan fingerprint density at radius 3 is 2.89 bits per heavy atom. The standard InChI is InChI=1S/C14H22N4O/c1-8-6-10(3)17-14(12(8)13(15)19)18-11-4-5-16-9(2)7-11/h6,9,11,16H,4-5,7H2,1-3H3,(H2,15,19)(H,17,18). The van der Waals surface area contributed by atoms with Crippen LogP contribution in [0, 0.1) is 13.8 Å². The van der Waals surface area contributed by atoms with Gasteiger partial charge < -0.3 is 16.4 Å². The van der Waals surface area contributed by atoms with E-state index in [9.17, 15) is 4.79 Å². The normalized spacial score (nSPS) is 23.1. The molecule has 0 aliphatic carbocycles. The van der Waals surface area contributed by atoms with Crippen LogP contribution < -0.4 is 16.4 Å². The highest BCUT2D eigenvalue weighted by Gasteiger charge is 2.21. The summed E-state index contributed by atoms with van der Waals surface area (Å²) in [5.74, 6) is 0.207. The maximum atomic E-state index is 11.6. The molecule has 1 aromatic rings. The Balaban J connectivity index is 2.25. The van der Waals surface area contributed by atoms with Crippen LogP contribution in [0.25, 0.3) is 0 Å². The molecule has 19 heavy (non-hydrogen) atoms. The van der Waals surface area contributed by atoms with Gasteiger partial charge in [-0.15, -0.1) is 0 Å². The summed E-state index contributed by atoms with van der Waals surface area (Å²) in [4.78, 5) is 16.0. The smallest absolute Gasteiger partial charge is 0.252 e. The summed E-state index contributed by atoms with van der Waals surface area (Å²) in [5, 5.41) is 6.80. The molecule has 104 valence electrons. The van der Waals surface area contributed by atoms with Gasteiger partial charge in [-0.25, -0.2) is 4.98 Å². The minimum absolute atomic E-state index is 0.336. The van der Waals surface area contributed by atoms with E-state index in [1.54, 1.807) is 0 Å². The molecule has 1 fully saturated rings. The largest absolute Gasteiger partial charge is 0.367 e. The number of nitrogens with two attached hydrogens (primary N) is 1. The zero-order chi connectivity index (χ0) is 14.0. The maximum absolute atomic E-state index is 11.6. The Kier molecular flexibility index (Phi) is 4.04. The van der Waals surface area contributed by atoms with Gasteiger partial charge in [-0.2, -0.15) is 0 Å². The lowest BCUT2D eigenvalue weighted by Crippen LogP contribution is -2.41. The number of pyridine rings is 1. The third-order valence-corrected chi connectivity index (χ3v) is 3.56. The summed E-state index contributed by atoms with van der Waals surface area (Å²) in [6.07, 6.45) is 2.05. The summed E-state index contributed by atoms with van der Waals surface area (Å²) in [7, 11) is 0. The molecule has 0 saturated carbocycles. The van der Waals surface area contributed by atoms with Gasteiger partial charge in [-0.3, -0.25) is 4.79 Å². The van der Waals surface area contributed by atoms with Crippen LogP contribution in [-0.2, 0) is 0 Å². The van der Waals surface area contributed by atoms with Gasteiger partial charge >= 0.3 is 0 Å². The van der Waals surface area contributed by atoms with E-state index in [1.165, 1.54) is 0 Å². The zero-order valence-corrected chi connectivity index (χ0v) is 11.8. The average Bonchev–Trinajstić information content (AvgIpc) is 2.26. The lowest BCUT2D eigenvalue weighted by molar-refractivity contribution is 0.1000. The quantitative estimate of drug-likeness (QED) is 0.768. The van der Waals surface area contributed by atoms with E-state index in [1.807, 2.05) is 19.9 Å². The first-order chi connectivity index (χ1) is 8.97. The van der Waals surface area contributed by atoms with Crippen LogP contribution in [0.2, 0.25) is 0 Å². The number of amides is 1. The van der Waals surface area contributed by atoms with Crippen molar-refractivity contribution in [2.24, 2.45) is 5.73 Å². The molecule has 1 aliphatic rings. The van der Waals surface area contributed by atoms with Gasteiger partial charge in [-0.1, -0.05) is 0 Å². The van der Waals surface area contributed by atoms with Gasteiger partial charge in [0.25, 0.3) is 5.91 Å². The number of aromatic nitrogens is 1. The first-order valence-corrected chi connectivity index (χ1v) is 6.75. The van der Waals surface area contributed by atoms with E-state index in [0.717, 1.165) is 30.6 Å². The lowest BCUT2D eigenvalue weighted by atomic mass is 10.00. The van der Waals surface area contributed by atoms with Crippen molar-refractivity contribution in [3.63, 3.8) is 0 Å². The Morgan fingerprint density at radius 1 is 1.53 bits per heavy atom. The van der Waals surface area contributed by atoms with Gasteiger partial charge in [0.05, 0.1) is 5.56 Å². The Morgan fingerprint density at radius 2 is 2.26 bits per heavy atom. The molecule has 2 rings (SSSR count). The molecule has 1 aliphatic heterocycles. The van der Waals surface area contributed by atoms with Gasteiger partial charge in [0.15, 0.2) is 0 Å². The van der Waals surface area contributed by atoms with E-state index >= 15 is 0 Å². The Hall–Kier alpha value is -1.62. The Labute approximate surface area is 114 Å². The van der Waals surface area contributed by atoms with Crippen LogP contribution in [0.5, 0.6) is 0 Å². The highest BCUT2D eigenvalue weighted by atomic mass is 16.1. The second-order valence-electron chi connectivity index (χ2n) is 5.39. The zero-order valence-electron chi connectivity index (χ0n) is 11.8. The molecule has 0 spiro atoms. The fourth-order valence-electron chi connectivity index (χ4n) is 2.71. The van der Waals surface area contributed by atoms with Crippen LogP contribution in [0.15, 0.2) is 6.07 Å². The molecule has 0 aromatic carbocycles. The fraction of sp³-hybridized carbons (Fsp3) is 0.571. The minimum Gasteiger partial charge on any atom is -0.367 e. The molecule has 1 saturated heterocycles. The molecule has 5 heteroatoms.